The number of hydrogen-bond donors (Lipinski definition) is 1. The van der Waals surface area contributed by atoms with Crippen molar-refractivity contribution in [2.75, 3.05) is 18.9 Å². The number of ether oxygens (including phenoxy) is 2. The number of nitrogens with zero attached hydrogens (tertiary/aromatic N) is 1. The van der Waals surface area contributed by atoms with Crippen molar-refractivity contribution in [3.05, 3.63) is 23.2 Å². The Kier molecular flexibility index (Phi) is 2.33. The number of nitrogen functional groups attached to an aromatic ring is 1. The van der Waals surface area contributed by atoms with Crippen molar-refractivity contribution in [2.45, 2.75) is 0 Å². The van der Waals surface area contributed by atoms with Crippen molar-refractivity contribution in [1.82, 2.24) is 5.16 Å². The van der Waals surface area contributed by atoms with Crippen molar-refractivity contribution >= 4 is 17.4 Å². The van der Waals surface area contributed by atoms with E-state index >= 15 is 0 Å². The first kappa shape index (κ1) is 10.3. The summed E-state index contributed by atoms with van der Waals surface area (Å²) in [6.07, 6.45) is 0. The third kappa shape index (κ3) is 1.68. The first-order chi connectivity index (χ1) is 8.25. The van der Waals surface area contributed by atoms with Crippen LogP contribution in [0.3, 0.4) is 0 Å². The van der Waals surface area contributed by atoms with Crippen molar-refractivity contribution in [2.24, 2.45) is 0 Å². The van der Waals surface area contributed by atoms with Gasteiger partial charge in [0.25, 0.3) is 0 Å². The Labute approximate surface area is 102 Å². The minimum absolute atomic E-state index is 0.320. The van der Waals surface area contributed by atoms with Crippen LogP contribution in [0.4, 0.5) is 5.82 Å². The van der Waals surface area contributed by atoms with E-state index in [4.69, 9.17) is 31.3 Å². The van der Waals surface area contributed by atoms with Crippen LogP contribution >= 0.6 is 11.6 Å². The number of fused-ring (bicyclic) bond motifs is 1. The van der Waals surface area contributed by atoms with Crippen molar-refractivity contribution in [1.29, 1.82) is 0 Å². The first-order valence-electron chi connectivity index (χ1n) is 5.06. The molecule has 0 saturated heterocycles. The van der Waals surface area contributed by atoms with Gasteiger partial charge in [0, 0.05) is 6.07 Å². The van der Waals surface area contributed by atoms with Crippen molar-refractivity contribution in [3.8, 4) is 22.8 Å². The molecule has 1 aromatic carbocycles. The van der Waals surface area contributed by atoms with Gasteiger partial charge in [0.15, 0.2) is 23.1 Å². The molecule has 17 heavy (non-hydrogen) atoms. The van der Waals surface area contributed by atoms with Crippen molar-refractivity contribution in [3.63, 3.8) is 0 Å². The van der Waals surface area contributed by atoms with Crippen LogP contribution in [0.1, 0.15) is 0 Å². The normalized spacial score (nSPS) is 13.7. The highest BCUT2D eigenvalue weighted by molar-refractivity contribution is 6.32. The second-order valence-corrected chi connectivity index (χ2v) is 3.97. The van der Waals surface area contributed by atoms with Gasteiger partial charge in [0.05, 0.1) is 10.6 Å². The lowest BCUT2D eigenvalue weighted by Gasteiger charge is -2.21. The molecule has 5 nitrogen and oxygen atoms in total. The molecule has 1 aliphatic rings. The largest absolute Gasteiger partial charge is 0.485 e. The Balaban J connectivity index is 2.17. The molecule has 0 atom stereocenters. The van der Waals surface area contributed by atoms with Gasteiger partial charge in [-0.3, -0.25) is 0 Å². The minimum atomic E-state index is 0.320. The molecule has 88 valence electrons. The quantitative estimate of drug-likeness (QED) is 0.844. The molecule has 6 heteroatoms. The highest BCUT2D eigenvalue weighted by Crippen LogP contribution is 2.44. The van der Waals surface area contributed by atoms with E-state index in [1.165, 1.54) is 0 Å². The molecule has 0 amide bonds. The van der Waals surface area contributed by atoms with Gasteiger partial charge in [-0.25, -0.2) is 0 Å². The summed E-state index contributed by atoms with van der Waals surface area (Å²) in [5.74, 6) is 1.95. The molecule has 3 rings (SSSR count). The Hall–Kier alpha value is -1.88. The molecule has 2 N–H and O–H groups in total. The summed E-state index contributed by atoms with van der Waals surface area (Å²) < 4.78 is 16.1. The van der Waals surface area contributed by atoms with Crippen LogP contribution in [-0.2, 0) is 0 Å². The van der Waals surface area contributed by atoms with Crippen LogP contribution in [-0.4, -0.2) is 18.4 Å². The maximum absolute atomic E-state index is 6.03. The molecule has 1 aromatic heterocycles. The van der Waals surface area contributed by atoms with Crippen LogP contribution in [0, 0.1) is 0 Å². The highest BCUT2D eigenvalue weighted by Gasteiger charge is 2.22. The van der Waals surface area contributed by atoms with Crippen LogP contribution < -0.4 is 15.2 Å². The molecular formula is C11H9ClN2O3. The average molecular weight is 253 g/mol. The Bertz CT molecular complexity index is 568. The molecule has 0 fully saturated rings. The maximum Gasteiger partial charge on any atom is 0.180 e. The van der Waals surface area contributed by atoms with Gasteiger partial charge in [0.2, 0.25) is 0 Å². The van der Waals surface area contributed by atoms with Gasteiger partial charge in [-0.15, -0.1) is 0 Å². The van der Waals surface area contributed by atoms with E-state index in [2.05, 4.69) is 5.16 Å². The SMILES string of the molecule is Nc1cc(-c2ccc(Cl)c3c2OCCO3)on1. The lowest BCUT2D eigenvalue weighted by Crippen LogP contribution is -2.16. The van der Waals surface area contributed by atoms with Gasteiger partial charge < -0.3 is 19.7 Å². The minimum Gasteiger partial charge on any atom is -0.485 e. The van der Waals surface area contributed by atoms with Crippen LogP contribution in [0.2, 0.25) is 5.02 Å². The van der Waals surface area contributed by atoms with Crippen LogP contribution in [0.25, 0.3) is 11.3 Å². The zero-order valence-corrected chi connectivity index (χ0v) is 9.53. The first-order valence-corrected chi connectivity index (χ1v) is 5.44. The van der Waals surface area contributed by atoms with Gasteiger partial charge in [0.1, 0.15) is 13.2 Å². The number of hydrogen-bond acceptors (Lipinski definition) is 5. The summed E-state index contributed by atoms with van der Waals surface area (Å²) in [5, 5.41) is 4.15. The Morgan fingerprint density at radius 1 is 1.18 bits per heavy atom. The summed E-state index contributed by atoms with van der Waals surface area (Å²) in [5.41, 5.74) is 6.25. The topological polar surface area (TPSA) is 70.5 Å². The number of benzene rings is 1. The van der Waals surface area contributed by atoms with Crippen molar-refractivity contribution < 1.29 is 14.0 Å². The van der Waals surface area contributed by atoms with Gasteiger partial charge in [-0.05, 0) is 12.1 Å². The molecular weight excluding hydrogens is 244 g/mol. The maximum atomic E-state index is 6.03. The number of halogens is 1. The molecule has 0 radical (unpaired) electrons. The zero-order valence-electron chi connectivity index (χ0n) is 8.77. The summed E-state index contributed by atoms with van der Waals surface area (Å²) in [6.45, 7) is 0.957. The average Bonchev–Trinajstić information content (AvgIpc) is 2.77. The fraction of sp³-hybridized carbons (Fsp3) is 0.182. The number of rotatable bonds is 1. The lowest BCUT2D eigenvalue weighted by molar-refractivity contribution is 0.172. The summed E-state index contributed by atoms with van der Waals surface area (Å²) >= 11 is 6.03. The monoisotopic (exact) mass is 252 g/mol. The third-order valence-corrected chi connectivity index (χ3v) is 2.73. The predicted molar refractivity (Wildman–Crippen MR) is 62.4 cm³/mol. The van der Waals surface area contributed by atoms with E-state index in [1.54, 1.807) is 18.2 Å². The molecule has 1 aliphatic heterocycles. The summed E-state index contributed by atoms with van der Waals surface area (Å²) in [7, 11) is 0. The lowest BCUT2D eigenvalue weighted by atomic mass is 10.1. The zero-order chi connectivity index (χ0) is 11.8. The highest BCUT2D eigenvalue weighted by atomic mass is 35.5. The van der Waals surface area contributed by atoms with Gasteiger partial charge in [-0.1, -0.05) is 16.8 Å². The van der Waals surface area contributed by atoms with Gasteiger partial charge >= 0.3 is 0 Å². The van der Waals surface area contributed by atoms with Crippen LogP contribution in [0.15, 0.2) is 22.7 Å². The van der Waals surface area contributed by atoms with Gasteiger partial charge in [-0.2, -0.15) is 0 Å². The van der Waals surface area contributed by atoms with E-state index in [-0.39, 0.29) is 0 Å². The fourth-order valence-corrected chi connectivity index (χ4v) is 1.92. The van der Waals surface area contributed by atoms with E-state index in [1.807, 2.05) is 0 Å². The van der Waals surface area contributed by atoms with Crippen LogP contribution in [0.5, 0.6) is 11.5 Å². The van der Waals surface area contributed by atoms with E-state index < -0.39 is 0 Å². The molecule has 0 spiro atoms. The fourth-order valence-electron chi connectivity index (χ4n) is 1.71. The second kappa shape index (κ2) is 3.85. The molecule has 2 aromatic rings. The number of anilines is 1. The number of aromatic nitrogens is 1. The Morgan fingerprint density at radius 2 is 1.94 bits per heavy atom. The predicted octanol–water partition coefficient (Wildman–Crippen LogP) is 2.35. The molecule has 0 bridgehead atoms. The standard InChI is InChI=1S/C11H9ClN2O3/c12-7-2-1-6(8-5-9(13)14-17-8)10-11(7)16-4-3-15-10/h1-2,5H,3-4H2,(H2,13,14). The smallest absolute Gasteiger partial charge is 0.180 e. The summed E-state index contributed by atoms with van der Waals surface area (Å²) in [6, 6.07) is 5.14. The number of nitrogens with two attached hydrogens (primary N) is 1. The van der Waals surface area contributed by atoms with E-state index in [9.17, 15) is 0 Å². The molecule has 0 aliphatic carbocycles. The molecule has 2 heterocycles. The van der Waals surface area contributed by atoms with E-state index in [0.717, 1.165) is 5.56 Å². The molecule has 0 unspecified atom stereocenters. The molecule has 0 saturated carbocycles. The third-order valence-electron chi connectivity index (χ3n) is 2.43. The summed E-state index contributed by atoms with van der Waals surface area (Å²) in [4.78, 5) is 0. The second-order valence-electron chi connectivity index (χ2n) is 3.57. The Morgan fingerprint density at radius 3 is 2.65 bits per heavy atom. The van der Waals surface area contributed by atoms with E-state index in [0.29, 0.717) is 41.3 Å².